The molecule has 1 aliphatic heterocycles. The summed E-state index contributed by atoms with van der Waals surface area (Å²) in [7, 11) is 1.55. The topological polar surface area (TPSA) is 59.5 Å². The second-order valence-corrected chi connectivity index (χ2v) is 7.28. The summed E-state index contributed by atoms with van der Waals surface area (Å²) in [5.41, 5.74) is 1.71. The zero-order chi connectivity index (χ0) is 17.8. The van der Waals surface area contributed by atoms with E-state index in [4.69, 9.17) is 4.74 Å². The molecule has 2 aromatic rings. The molecule has 1 atom stereocenters. The van der Waals surface area contributed by atoms with Gasteiger partial charge < -0.3 is 9.64 Å². The smallest absolute Gasteiger partial charge is 0.273 e. The first kappa shape index (κ1) is 17.6. The van der Waals surface area contributed by atoms with E-state index in [1.807, 2.05) is 37.3 Å². The molecule has 1 unspecified atom stereocenters. The minimum absolute atomic E-state index is 0.0458. The number of methoxy groups -OCH3 is 1. The Kier molecular flexibility index (Phi) is 5.48. The molecule has 2 heterocycles. The first-order chi connectivity index (χ1) is 12.1. The molecule has 3 rings (SSSR count). The number of carbonyl (C=O) groups is 2. The largest absolute Gasteiger partial charge is 0.473 e. The Bertz CT molecular complexity index is 757. The van der Waals surface area contributed by atoms with Crippen molar-refractivity contribution in [2.45, 2.75) is 26.2 Å². The number of amides is 1. The first-order valence-electron chi connectivity index (χ1n) is 8.46. The average molecular weight is 358 g/mol. The summed E-state index contributed by atoms with van der Waals surface area (Å²) >= 11 is 1.26. The minimum Gasteiger partial charge on any atom is -0.473 e. The molecule has 6 heteroatoms. The Morgan fingerprint density at radius 1 is 1.32 bits per heavy atom. The number of likely N-dealkylation sites (tertiary alicyclic amines) is 1. The molecule has 0 spiro atoms. The molecule has 0 saturated carbocycles. The number of piperidine rings is 1. The Morgan fingerprint density at radius 3 is 2.76 bits per heavy atom. The highest BCUT2D eigenvalue weighted by Gasteiger charge is 2.30. The molecule has 1 aromatic carbocycles. The first-order valence-corrected chi connectivity index (χ1v) is 9.27. The van der Waals surface area contributed by atoms with Gasteiger partial charge in [0.05, 0.1) is 12.8 Å². The normalized spacial score (nSPS) is 17.4. The third-order valence-electron chi connectivity index (χ3n) is 4.53. The summed E-state index contributed by atoms with van der Waals surface area (Å²) in [6, 6.07) is 9.77. The van der Waals surface area contributed by atoms with Gasteiger partial charge in [0.25, 0.3) is 11.1 Å². The van der Waals surface area contributed by atoms with Gasteiger partial charge in [0, 0.05) is 25.4 Å². The standard InChI is InChI=1S/C19H22N2O3S/c1-13-17(25-19(20-13)24-2)18(23)21-10-6-9-15(12-21)16(22)11-14-7-4-3-5-8-14/h3-5,7-8,15H,6,9-12H2,1-2H3. The zero-order valence-corrected chi connectivity index (χ0v) is 15.3. The van der Waals surface area contributed by atoms with Crippen LogP contribution in [0.5, 0.6) is 5.19 Å². The number of benzene rings is 1. The van der Waals surface area contributed by atoms with Crippen molar-refractivity contribution in [1.82, 2.24) is 9.88 Å². The van der Waals surface area contributed by atoms with Gasteiger partial charge in [-0.05, 0) is 25.3 Å². The second kappa shape index (κ2) is 7.78. The van der Waals surface area contributed by atoms with Crippen molar-refractivity contribution < 1.29 is 14.3 Å². The van der Waals surface area contributed by atoms with Gasteiger partial charge in [-0.1, -0.05) is 41.7 Å². The van der Waals surface area contributed by atoms with Crippen LogP contribution in [0.2, 0.25) is 0 Å². The van der Waals surface area contributed by atoms with Crippen LogP contribution in [-0.4, -0.2) is 41.8 Å². The van der Waals surface area contributed by atoms with Gasteiger partial charge in [-0.25, -0.2) is 4.98 Å². The fraction of sp³-hybridized carbons (Fsp3) is 0.421. The van der Waals surface area contributed by atoms with Crippen LogP contribution in [0, 0.1) is 12.8 Å². The Balaban J connectivity index is 1.67. The second-order valence-electron chi connectivity index (χ2n) is 6.32. The zero-order valence-electron chi connectivity index (χ0n) is 14.5. The van der Waals surface area contributed by atoms with Crippen LogP contribution < -0.4 is 4.74 Å². The molecule has 1 aliphatic rings. The molecule has 1 fully saturated rings. The number of carbonyl (C=O) groups excluding carboxylic acids is 2. The van der Waals surface area contributed by atoms with Crippen molar-refractivity contribution >= 4 is 23.0 Å². The van der Waals surface area contributed by atoms with Crippen LogP contribution in [-0.2, 0) is 11.2 Å². The van der Waals surface area contributed by atoms with Gasteiger partial charge >= 0.3 is 0 Å². The number of aromatic nitrogens is 1. The van der Waals surface area contributed by atoms with E-state index in [1.54, 1.807) is 12.0 Å². The number of nitrogens with zero attached hydrogens (tertiary/aromatic N) is 2. The maximum absolute atomic E-state index is 12.8. The van der Waals surface area contributed by atoms with Crippen molar-refractivity contribution in [2.75, 3.05) is 20.2 Å². The highest BCUT2D eigenvalue weighted by molar-refractivity contribution is 7.15. The lowest BCUT2D eigenvalue weighted by Crippen LogP contribution is -2.42. The molecule has 0 bridgehead atoms. The number of Topliss-reactive ketones (excluding diaryl/α,β-unsaturated/α-hetero) is 1. The molecule has 25 heavy (non-hydrogen) atoms. The molecule has 0 radical (unpaired) electrons. The van der Waals surface area contributed by atoms with Crippen molar-refractivity contribution in [3.63, 3.8) is 0 Å². The fourth-order valence-corrected chi connectivity index (χ4v) is 4.02. The molecule has 5 nitrogen and oxygen atoms in total. The predicted molar refractivity (Wildman–Crippen MR) is 97.2 cm³/mol. The quantitative estimate of drug-likeness (QED) is 0.824. The minimum atomic E-state index is -0.0898. The van der Waals surface area contributed by atoms with E-state index in [-0.39, 0.29) is 17.6 Å². The van der Waals surface area contributed by atoms with E-state index in [0.29, 0.717) is 35.3 Å². The molecule has 0 N–H and O–H groups in total. The number of rotatable bonds is 5. The van der Waals surface area contributed by atoms with Crippen molar-refractivity contribution in [1.29, 1.82) is 0 Å². The van der Waals surface area contributed by atoms with E-state index in [2.05, 4.69) is 4.98 Å². The maximum atomic E-state index is 12.8. The number of ether oxygens (including phenoxy) is 1. The van der Waals surface area contributed by atoms with E-state index >= 15 is 0 Å². The molecule has 1 aromatic heterocycles. The van der Waals surface area contributed by atoms with Crippen molar-refractivity contribution in [2.24, 2.45) is 5.92 Å². The van der Waals surface area contributed by atoms with E-state index in [9.17, 15) is 9.59 Å². The summed E-state index contributed by atoms with van der Waals surface area (Å²) in [5.74, 6) is 0.0749. The molecule has 132 valence electrons. The number of hydrogen-bond donors (Lipinski definition) is 0. The summed E-state index contributed by atoms with van der Waals surface area (Å²) in [4.78, 5) is 32.1. The van der Waals surface area contributed by atoms with Crippen LogP contribution in [0.25, 0.3) is 0 Å². The number of aryl methyl sites for hydroxylation is 1. The number of thiazole rings is 1. The highest BCUT2D eigenvalue weighted by Crippen LogP contribution is 2.28. The highest BCUT2D eigenvalue weighted by atomic mass is 32.1. The van der Waals surface area contributed by atoms with Crippen LogP contribution in [0.4, 0.5) is 0 Å². The summed E-state index contributed by atoms with van der Waals surface area (Å²) in [5, 5.41) is 0.495. The van der Waals surface area contributed by atoms with Gasteiger partial charge in [-0.15, -0.1) is 0 Å². The van der Waals surface area contributed by atoms with Gasteiger partial charge in [0.1, 0.15) is 10.7 Å². The van der Waals surface area contributed by atoms with Crippen molar-refractivity contribution in [3.05, 3.63) is 46.5 Å². The van der Waals surface area contributed by atoms with Gasteiger partial charge in [0.15, 0.2) is 0 Å². The van der Waals surface area contributed by atoms with E-state index in [1.165, 1.54) is 11.3 Å². The van der Waals surface area contributed by atoms with Crippen LogP contribution in [0.15, 0.2) is 30.3 Å². The lowest BCUT2D eigenvalue weighted by molar-refractivity contribution is -0.123. The molecule has 1 amide bonds. The van der Waals surface area contributed by atoms with Crippen LogP contribution in [0.3, 0.4) is 0 Å². The molecule has 0 aliphatic carbocycles. The number of ketones is 1. The fourth-order valence-electron chi connectivity index (χ4n) is 3.17. The summed E-state index contributed by atoms with van der Waals surface area (Å²) < 4.78 is 5.12. The van der Waals surface area contributed by atoms with Crippen molar-refractivity contribution in [3.8, 4) is 5.19 Å². The summed E-state index contributed by atoms with van der Waals surface area (Å²) in [6.45, 7) is 2.99. The Morgan fingerprint density at radius 2 is 2.08 bits per heavy atom. The van der Waals surface area contributed by atoms with Gasteiger partial charge in [0.2, 0.25) is 0 Å². The number of hydrogen-bond acceptors (Lipinski definition) is 5. The third kappa shape index (κ3) is 4.07. The molecular weight excluding hydrogens is 336 g/mol. The monoisotopic (exact) mass is 358 g/mol. The average Bonchev–Trinajstić information content (AvgIpc) is 3.03. The van der Waals surface area contributed by atoms with Crippen LogP contribution >= 0.6 is 11.3 Å². The Hall–Kier alpha value is -2.21. The van der Waals surface area contributed by atoms with Gasteiger partial charge in [-0.3, -0.25) is 9.59 Å². The third-order valence-corrected chi connectivity index (χ3v) is 5.64. The van der Waals surface area contributed by atoms with Crippen LogP contribution in [0.1, 0.15) is 33.8 Å². The lowest BCUT2D eigenvalue weighted by Gasteiger charge is -2.31. The summed E-state index contributed by atoms with van der Waals surface area (Å²) in [6.07, 6.45) is 2.13. The Labute approximate surface area is 151 Å². The maximum Gasteiger partial charge on any atom is 0.273 e. The molecule has 1 saturated heterocycles. The predicted octanol–water partition coefficient (Wildman–Crippen LogP) is 3.12. The SMILES string of the molecule is COc1nc(C)c(C(=O)N2CCCC(C(=O)Cc3ccccc3)C2)s1. The lowest BCUT2D eigenvalue weighted by atomic mass is 9.90. The van der Waals surface area contributed by atoms with Gasteiger partial charge in [-0.2, -0.15) is 0 Å². The molecular formula is C19H22N2O3S. The van der Waals surface area contributed by atoms with E-state index in [0.717, 1.165) is 18.4 Å². The van der Waals surface area contributed by atoms with E-state index < -0.39 is 0 Å².